The zero-order valence-corrected chi connectivity index (χ0v) is 14.3. The third-order valence-corrected chi connectivity index (χ3v) is 4.54. The Kier molecular flexibility index (Phi) is 4.10. The monoisotopic (exact) mass is 346 g/mol. The molecule has 3 aromatic carbocycles. The molecule has 0 aliphatic carbocycles. The summed E-state index contributed by atoms with van der Waals surface area (Å²) < 4.78 is 0. The van der Waals surface area contributed by atoms with Gasteiger partial charge in [-0.05, 0) is 18.5 Å². The molecule has 0 aliphatic heterocycles. The van der Waals surface area contributed by atoms with Crippen molar-refractivity contribution in [1.82, 2.24) is 10.3 Å². The highest BCUT2D eigenvalue weighted by atomic mass is 16.6. The minimum Gasteiger partial charge on any atom is -0.383 e. The standard InChI is InChI=1S/C20H18N4O2/c1-21-10-11-22-19-16-8-6-13-4-2-3-5-15(13)20(16)23-18-9-7-14(24(25)26)12-17(18)19/h2-9,12,21H,10-11H2,1H3,(H,22,23). The Balaban J connectivity index is 2.06. The number of nitro groups is 1. The summed E-state index contributed by atoms with van der Waals surface area (Å²) in [5.74, 6) is 0. The molecule has 0 saturated heterocycles. The van der Waals surface area contributed by atoms with Crippen LogP contribution in [0.2, 0.25) is 0 Å². The number of benzene rings is 3. The van der Waals surface area contributed by atoms with E-state index in [0.29, 0.717) is 6.54 Å². The fraction of sp³-hybridized carbons (Fsp3) is 0.150. The lowest BCUT2D eigenvalue weighted by Crippen LogP contribution is -2.18. The van der Waals surface area contributed by atoms with Gasteiger partial charge >= 0.3 is 0 Å². The highest BCUT2D eigenvalue weighted by molar-refractivity contribution is 6.16. The molecule has 0 spiro atoms. The average molecular weight is 346 g/mol. The summed E-state index contributed by atoms with van der Waals surface area (Å²) in [6.07, 6.45) is 0. The van der Waals surface area contributed by atoms with Crippen LogP contribution in [0.15, 0.2) is 54.6 Å². The first-order valence-corrected chi connectivity index (χ1v) is 8.47. The molecule has 0 radical (unpaired) electrons. The first-order chi connectivity index (χ1) is 12.7. The van der Waals surface area contributed by atoms with Crippen molar-refractivity contribution in [2.24, 2.45) is 0 Å². The molecule has 0 bridgehead atoms. The molecule has 6 heteroatoms. The first kappa shape index (κ1) is 16.2. The van der Waals surface area contributed by atoms with Crippen molar-refractivity contribution >= 4 is 44.0 Å². The summed E-state index contributed by atoms with van der Waals surface area (Å²) in [5.41, 5.74) is 2.59. The van der Waals surface area contributed by atoms with Gasteiger partial charge in [0.15, 0.2) is 0 Å². The van der Waals surface area contributed by atoms with Crippen molar-refractivity contribution in [1.29, 1.82) is 0 Å². The Morgan fingerprint density at radius 2 is 1.85 bits per heavy atom. The van der Waals surface area contributed by atoms with Gasteiger partial charge in [0.05, 0.1) is 21.6 Å². The van der Waals surface area contributed by atoms with Crippen LogP contribution in [0, 0.1) is 10.1 Å². The fourth-order valence-electron chi connectivity index (χ4n) is 3.28. The number of hydrogen-bond acceptors (Lipinski definition) is 5. The second kappa shape index (κ2) is 6.57. The molecule has 0 unspecified atom stereocenters. The van der Waals surface area contributed by atoms with Crippen LogP contribution in [-0.2, 0) is 0 Å². The van der Waals surface area contributed by atoms with Gasteiger partial charge in [-0.15, -0.1) is 0 Å². The lowest BCUT2D eigenvalue weighted by Gasteiger charge is -2.14. The van der Waals surface area contributed by atoms with E-state index < -0.39 is 0 Å². The van der Waals surface area contributed by atoms with Crippen molar-refractivity contribution in [2.75, 3.05) is 25.5 Å². The van der Waals surface area contributed by atoms with Crippen molar-refractivity contribution in [3.05, 3.63) is 64.7 Å². The maximum Gasteiger partial charge on any atom is 0.270 e. The zero-order chi connectivity index (χ0) is 18.1. The van der Waals surface area contributed by atoms with Crippen LogP contribution >= 0.6 is 0 Å². The van der Waals surface area contributed by atoms with Gasteiger partial charge in [-0.1, -0.05) is 36.4 Å². The third-order valence-electron chi connectivity index (χ3n) is 4.54. The molecule has 2 N–H and O–H groups in total. The molecular weight excluding hydrogens is 328 g/mol. The van der Waals surface area contributed by atoms with Gasteiger partial charge in [0.2, 0.25) is 0 Å². The second-order valence-corrected chi connectivity index (χ2v) is 6.16. The van der Waals surface area contributed by atoms with Crippen LogP contribution in [0.5, 0.6) is 0 Å². The van der Waals surface area contributed by atoms with E-state index in [1.165, 1.54) is 6.07 Å². The Hall–Kier alpha value is -3.25. The van der Waals surface area contributed by atoms with Gasteiger partial charge in [0, 0.05) is 41.4 Å². The highest BCUT2D eigenvalue weighted by Crippen LogP contribution is 2.35. The van der Waals surface area contributed by atoms with E-state index in [4.69, 9.17) is 4.98 Å². The largest absolute Gasteiger partial charge is 0.383 e. The highest BCUT2D eigenvalue weighted by Gasteiger charge is 2.14. The molecule has 4 aromatic rings. The number of nitro benzene ring substituents is 1. The Morgan fingerprint density at radius 1 is 1.00 bits per heavy atom. The van der Waals surface area contributed by atoms with Crippen LogP contribution in [0.1, 0.15) is 0 Å². The van der Waals surface area contributed by atoms with Gasteiger partial charge in [-0.2, -0.15) is 0 Å². The Morgan fingerprint density at radius 3 is 2.65 bits per heavy atom. The average Bonchev–Trinajstić information content (AvgIpc) is 2.67. The number of fused-ring (bicyclic) bond motifs is 4. The summed E-state index contributed by atoms with van der Waals surface area (Å²) in [5, 5.41) is 21.7. The molecule has 26 heavy (non-hydrogen) atoms. The topological polar surface area (TPSA) is 80.1 Å². The molecule has 1 heterocycles. The van der Waals surface area contributed by atoms with E-state index in [2.05, 4.69) is 28.8 Å². The number of pyridine rings is 1. The first-order valence-electron chi connectivity index (χ1n) is 8.47. The van der Waals surface area contributed by atoms with Crippen LogP contribution < -0.4 is 10.6 Å². The van der Waals surface area contributed by atoms with Crippen molar-refractivity contribution < 1.29 is 4.92 Å². The van der Waals surface area contributed by atoms with E-state index in [0.717, 1.165) is 44.8 Å². The van der Waals surface area contributed by atoms with Crippen molar-refractivity contribution in [2.45, 2.75) is 0 Å². The molecule has 130 valence electrons. The quantitative estimate of drug-likeness (QED) is 0.187. The predicted octanol–water partition coefficient (Wildman–Crippen LogP) is 4.08. The maximum atomic E-state index is 11.2. The van der Waals surface area contributed by atoms with Gasteiger partial charge in [-0.3, -0.25) is 10.1 Å². The summed E-state index contributed by atoms with van der Waals surface area (Å²) in [4.78, 5) is 15.7. The molecule has 1 aromatic heterocycles. The third kappa shape index (κ3) is 2.70. The van der Waals surface area contributed by atoms with Crippen LogP contribution in [0.25, 0.3) is 32.6 Å². The predicted molar refractivity (Wildman–Crippen MR) is 106 cm³/mol. The van der Waals surface area contributed by atoms with Gasteiger partial charge < -0.3 is 10.6 Å². The van der Waals surface area contributed by atoms with Crippen LogP contribution in [0.4, 0.5) is 11.4 Å². The molecule has 0 saturated carbocycles. The van der Waals surface area contributed by atoms with Crippen LogP contribution in [0.3, 0.4) is 0 Å². The molecule has 4 rings (SSSR count). The number of likely N-dealkylation sites (N-methyl/N-ethyl adjacent to an activating group) is 1. The minimum atomic E-state index is -0.374. The molecule has 0 aliphatic rings. The van der Waals surface area contributed by atoms with E-state index >= 15 is 0 Å². The number of hydrogen-bond donors (Lipinski definition) is 2. The van der Waals surface area contributed by atoms with E-state index in [9.17, 15) is 10.1 Å². The molecule has 0 atom stereocenters. The summed E-state index contributed by atoms with van der Waals surface area (Å²) in [7, 11) is 1.89. The van der Waals surface area contributed by atoms with Gasteiger partial charge in [-0.25, -0.2) is 4.98 Å². The number of rotatable bonds is 5. The number of nitrogens with zero attached hydrogens (tertiary/aromatic N) is 2. The summed E-state index contributed by atoms with van der Waals surface area (Å²) >= 11 is 0. The zero-order valence-electron chi connectivity index (χ0n) is 14.3. The summed E-state index contributed by atoms with van der Waals surface area (Å²) in [6.45, 7) is 1.49. The van der Waals surface area contributed by atoms with Gasteiger partial charge in [0.1, 0.15) is 0 Å². The minimum absolute atomic E-state index is 0.0658. The van der Waals surface area contributed by atoms with E-state index in [1.807, 2.05) is 25.2 Å². The lowest BCUT2D eigenvalue weighted by atomic mass is 10.0. The molecular formula is C20H18N4O2. The normalized spacial score (nSPS) is 11.3. The molecule has 6 nitrogen and oxygen atoms in total. The van der Waals surface area contributed by atoms with E-state index in [1.54, 1.807) is 12.1 Å². The number of non-ortho nitro benzene ring substituents is 1. The Labute approximate surface area is 150 Å². The molecule has 0 amide bonds. The van der Waals surface area contributed by atoms with Crippen molar-refractivity contribution in [3.8, 4) is 0 Å². The number of nitrogens with one attached hydrogen (secondary N) is 2. The number of aromatic nitrogens is 1. The SMILES string of the molecule is CNCCNc1c2cc([N+](=O)[O-])ccc2nc2c1ccc1ccccc12. The maximum absolute atomic E-state index is 11.2. The summed E-state index contributed by atoms with van der Waals surface area (Å²) in [6, 6.07) is 17.0. The number of anilines is 1. The Bertz CT molecular complexity index is 1140. The fourth-order valence-corrected chi connectivity index (χ4v) is 3.28. The molecule has 0 fully saturated rings. The van der Waals surface area contributed by atoms with E-state index in [-0.39, 0.29) is 10.6 Å². The van der Waals surface area contributed by atoms with Crippen molar-refractivity contribution in [3.63, 3.8) is 0 Å². The van der Waals surface area contributed by atoms with Crippen LogP contribution in [-0.4, -0.2) is 30.0 Å². The smallest absolute Gasteiger partial charge is 0.270 e. The second-order valence-electron chi connectivity index (χ2n) is 6.16. The van der Waals surface area contributed by atoms with Gasteiger partial charge in [0.25, 0.3) is 5.69 Å². The lowest BCUT2D eigenvalue weighted by molar-refractivity contribution is -0.384.